The minimum Gasteiger partial charge on any atom is -0.490 e. The van der Waals surface area contributed by atoms with E-state index in [4.69, 9.17) is 9.47 Å². The Hall–Kier alpha value is -1.93. The topological polar surface area (TPSA) is 76.9 Å². The maximum absolute atomic E-state index is 13.9. The fourth-order valence-electron chi connectivity index (χ4n) is 2.20. The lowest BCUT2D eigenvalue weighted by atomic mass is 10.2. The standard InChI is InChI=1S/C13H18FN3O4/c1-16-3-4-21-9(8-16)7-15-11-6-13(20-2)12(17(18)19)5-10(11)14/h5-6,9,15H,3-4,7-8H2,1-2H3. The fourth-order valence-corrected chi connectivity index (χ4v) is 2.20. The second kappa shape index (κ2) is 6.68. The lowest BCUT2D eigenvalue weighted by Gasteiger charge is -2.30. The molecule has 21 heavy (non-hydrogen) atoms. The summed E-state index contributed by atoms with van der Waals surface area (Å²) in [7, 11) is 3.30. The van der Waals surface area contributed by atoms with Crippen LogP contribution in [0.15, 0.2) is 12.1 Å². The number of ether oxygens (including phenoxy) is 2. The SMILES string of the molecule is COc1cc(NCC2CN(C)CCO2)c(F)cc1[N+](=O)[O-]. The van der Waals surface area contributed by atoms with E-state index in [9.17, 15) is 14.5 Å². The van der Waals surface area contributed by atoms with Gasteiger partial charge in [0.05, 0.1) is 36.5 Å². The summed E-state index contributed by atoms with van der Waals surface area (Å²) in [5.41, 5.74) is -0.233. The number of nitrogens with one attached hydrogen (secondary N) is 1. The van der Waals surface area contributed by atoms with E-state index in [1.54, 1.807) is 0 Å². The van der Waals surface area contributed by atoms with Crippen molar-refractivity contribution in [1.82, 2.24) is 4.90 Å². The number of nitro groups is 1. The van der Waals surface area contributed by atoms with Gasteiger partial charge in [0.1, 0.15) is 0 Å². The molecule has 0 aliphatic carbocycles. The third-order valence-corrected chi connectivity index (χ3v) is 3.33. The molecule has 1 N–H and O–H groups in total. The highest BCUT2D eigenvalue weighted by Gasteiger charge is 2.21. The van der Waals surface area contributed by atoms with Crippen LogP contribution in [0.3, 0.4) is 0 Å². The van der Waals surface area contributed by atoms with Crippen LogP contribution < -0.4 is 10.1 Å². The number of nitrogens with zero attached hydrogens (tertiary/aromatic N) is 2. The lowest BCUT2D eigenvalue weighted by Crippen LogP contribution is -2.43. The molecule has 1 aliphatic heterocycles. The number of halogens is 1. The molecule has 7 nitrogen and oxygen atoms in total. The average molecular weight is 299 g/mol. The molecule has 8 heteroatoms. The van der Waals surface area contributed by atoms with Crippen LogP contribution in [0.1, 0.15) is 0 Å². The average Bonchev–Trinajstić information content (AvgIpc) is 2.45. The molecule has 0 radical (unpaired) electrons. The normalized spacial score (nSPS) is 19.3. The zero-order valence-corrected chi connectivity index (χ0v) is 12.0. The van der Waals surface area contributed by atoms with E-state index in [0.717, 1.165) is 19.2 Å². The first-order chi connectivity index (χ1) is 10.0. The van der Waals surface area contributed by atoms with Crippen molar-refractivity contribution in [2.24, 2.45) is 0 Å². The molecule has 116 valence electrons. The monoisotopic (exact) mass is 299 g/mol. The summed E-state index contributed by atoms with van der Waals surface area (Å²) in [6, 6.07) is 2.15. The second-order valence-electron chi connectivity index (χ2n) is 4.90. The number of morpholine rings is 1. The highest BCUT2D eigenvalue weighted by Crippen LogP contribution is 2.32. The summed E-state index contributed by atoms with van der Waals surface area (Å²) in [6.07, 6.45) is -0.0515. The third-order valence-electron chi connectivity index (χ3n) is 3.33. The van der Waals surface area contributed by atoms with Gasteiger partial charge in [0.25, 0.3) is 0 Å². The first-order valence-electron chi connectivity index (χ1n) is 6.57. The highest BCUT2D eigenvalue weighted by molar-refractivity contribution is 5.59. The van der Waals surface area contributed by atoms with Crippen molar-refractivity contribution >= 4 is 11.4 Å². The molecule has 1 fully saturated rings. The largest absolute Gasteiger partial charge is 0.490 e. The number of hydrogen-bond donors (Lipinski definition) is 1. The van der Waals surface area contributed by atoms with E-state index < -0.39 is 16.4 Å². The van der Waals surface area contributed by atoms with Crippen LogP contribution in [0.5, 0.6) is 5.75 Å². The van der Waals surface area contributed by atoms with E-state index in [0.29, 0.717) is 13.2 Å². The van der Waals surface area contributed by atoms with Crippen molar-refractivity contribution in [3.05, 3.63) is 28.1 Å². The molecule has 0 aromatic heterocycles. The molecule has 1 atom stereocenters. The van der Waals surface area contributed by atoms with Gasteiger partial charge in [-0.3, -0.25) is 10.1 Å². The van der Waals surface area contributed by atoms with Crippen molar-refractivity contribution in [3.63, 3.8) is 0 Å². The molecular formula is C13H18FN3O4. The van der Waals surface area contributed by atoms with Crippen LogP contribution >= 0.6 is 0 Å². The van der Waals surface area contributed by atoms with Crippen molar-refractivity contribution in [2.75, 3.05) is 45.7 Å². The van der Waals surface area contributed by atoms with Crippen LogP contribution in [-0.2, 0) is 4.74 Å². The van der Waals surface area contributed by atoms with Gasteiger partial charge in [-0.25, -0.2) is 4.39 Å². The maximum Gasteiger partial charge on any atom is 0.313 e. The maximum atomic E-state index is 13.9. The zero-order chi connectivity index (χ0) is 15.4. The van der Waals surface area contributed by atoms with Crippen molar-refractivity contribution < 1.29 is 18.8 Å². The molecule has 2 rings (SSSR count). The summed E-state index contributed by atoms with van der Waals surface area (Å²) >= 11 is 0. The summed E-state index contributed by atoms with van der Waals surface area (Å²) in [5, 5.41) is 13.7. The number of likely N-dealkylation sites (N-methyl/N-ethyl adjacent to an activating group) is 1. The molecule has 1 aliphatic rings. The quantitative estimate of drug-likeness (QED) is 0.655. The molecule has 1 heterocycles. The van der Waals surface area contributed by atoms with Gasteiger partial charge in [-0.05, 0) is 7.05 Å². The Morgan fingerprint density at radius 3 is 3.00 bits per heavy atom. The first-order valence-corrected chi connectivity index (χ1v) is 6.57. The molecule has 0 saturated carbocycles. The van der Waals surface area contributed by atoms with Crippen LogP contribution in [-0.4, -0.2) is 56.3 Å². The predicted molar refractivity (Wildman–Crippen MR) is 75.3 cm³/mol. The minimum atomic E-state index is -0.688. The number of rotatable bonds is 5. The zero-order valence-electron chi connectivity index (χ0n) is 12.0. The van der Waals surface area contributed by atoms with Crippen molar-refractivity contribution in [3.8, 4) is 5.75 Å². The number of benzene rings is 1. The number of anilines is 1. The van der Waals surface area contributed by atoms with Crippen LogP contribution in [0.4, 0.5) is 15.8 Å². The molecule has 0 amide bonds. The van der Waals surface area contributed by atoms with Gasteiger partial charge in [0.2, 0.25) is 0 Å². The Labute approximate surface area is 121 Å². The Kier molecular flexibility index (Phi) is 4.92. The van der Waals surface area contributed by atoms with Crippen molar-refractivity contribution in [1.29, 1.82) is 0 Å². The molecular weight excluding hydrogens is 281 g/mol. The van der Waals surface area contributed by atoms with Crippen LogP contribution in [0.25, 0.3) is 0 Å². The number of methoxy groups -OCH3 is 1. The third kappa shape index (κ3) is 3.79. The fraction of sp³-hybridized carbons (Fsp3) is 0.538. The highest BCUT2D eigenvalue weighted by atomic mass is 19.1. The molecule has 1 aromatic carbocycles. The van der Waals surface area contributed by atoms with E-state index in [1.165, 1.54) is 13.2 Å². The Balaban J connectivity index is 2.07. The lowest BCUT2D eigenvalue weighted by molar-refractivity contribution is -0.385. The molecule has 1 saturated heterocycles. The molecule has 1 unspecified atom stereocenters. The smallest absolute Gasteiger partial charge is 0.313 e. The number of nitro benzene ring substituents is 1. The summed E-state index contributed by atoms with van der Waals surface area (Å²) in [6.45, 7) is 2.67. The summed E-state index contributed by atoms with van der Waals surface area (Å²) < 4.78 is 24.4. The van der Waals surface area contributed by atoms with Crippen LogP contribution in [0.2, 0.25) is 0 Å². The van der Waals surface area contributed by atoms with E-state index in [1.807, 2.05) is 7.05 Å². The Bertz CT molecular complexity index is 526. The van der Waals surface area contributed by atoms with Gasteiger partial charge in [-0.1, -0.05) is 0 Å². The van der Waals surface area contributed by atoms with Gasteiger partial charge in [0, 0.05) is 25.7 Å². The first kappa shape index (κ1) is 15.5. The minimum absolute atomic E-state index is 0.0191. The summed E-state index contributed by atoms with van der Waals surface area (Å²) in [5.74, 6) is -0.669. The Morgan fingerprint density at radius 2 is 2.38 bits per heavy atom. The van der Waals surface area contributed by atoms with Gasteiger partial charge in [0.15, 0.2) is 11.6 Å². The Morgan fingerprint density at radius 1 is 1.62 bits per heavy atom. The molecule has 0 bridgehead atoms. The van der Waals surface area contributed by atoms with Gasteiger partial charge < -0.3 is 19.7 Å². The molecule has 0 spiro atoms. The van der Waals surface area contributed by atoms with E-state index in [2.05, 4.69) is 10.2 Å². The number of hydrogen-bond acceptors (Lipinski definition) is 6. The van der Waals surface area contributed by atoms with E-state index in [-0.39, 0.29) is 17.5 Å². The summed E-state index contributed by atoms with van der Waals surface area (Å²) in [4.78, 5) is 12.3. The molecule has 1 aromatic rings. The van der Waals surface area contributed by atoms with E-state index >= 15 is 0 Å². The van der Waals surface area contributed by atoms with Crippen LogP contribution in [0, 0.1) is 15.9 Å². The van der Waals surface area contributed by atoms with Gasteiger partial charge in [-0.15, -0.1) is 0 Å². The predicted octanol–water partition coefficient (Wildman–Crippen LogP) is 1.48. The second-order valence-corrected chi connectivity index (χ2v) is 4.90. The van der Waals surface area contributed by atoms with Gasteiger partial charge >= 0.3 is 5.69 Å². The van der Waals surface area contributed by atoms with Crippen molar-refractivity contribution in [2.45, 2.75) is 6.10 Å². The van der Waals surface area contributed by atoms with Gasteiger partial charge in [-0.2, -0.15) is 0 Å².